The predicted octanol–water partition coefficient (Wildman–Crippen LogP) is 5.06. The fourth-order valence-electron chi connectivity index (χ4n) is 2.48. The zero-order valence-electron chi connectivity index (χ0n) is 10.7. The first-order valence-electron chi connectivity index (χ1n) is 6.59. The molecule has 1 aromatic rings. The lowest BCUT2D eigenvalue weighted by Crippen LogP contribution is -2.03. The van der Waals surface area contributed by atoms with Crippen molar-refractivity contribution in [2.45, 2.75) is 44.9 Å². The molecule has 0 nitrogen and oxygen atoms in total. The summed E-state index contributed by atoms with van der Waals surface area (Å²) in [5.74, 6) is 0.714. The van der Waals surface area contributed by atoms with E-state index in [2.05, 4.69) is 44.2 Å². The average Bonchev–Trinajstić information content (AvgIpc) is 2.28. The standard InChI is InChI=1S/C16H21Cl/c1-12(2)9-13-5-3-6-14(10-13)15-7-4-8-16(17)11-15/h3,5-6,10-12,16H,4,7-9H2,1-2H3. The summed E-state index contributed by atoms with van der Waals surface area (Å²) in [5.41, 5.74) is 4.24. The van der Waals surface area contributed by atoms with E-state index in [1.54, 1.807) is 0 Å². The number of alkyl halides is 1. The van der Waals surface area contributed by atoms with Crippen molar-refractivity contribution in [2.75, 3.05) is 0 Å². The van der Waals surface area contributed by atoms with Gasteiger partial charge in [0.15, 0.2) is 0 Å². The molecule has 1 aliphatic rings. The topological polar surface area (TPSA) is 0 Å². The molecule has 0 fully saturated rings. The minimum atomic E-state index is 0.229. The van der Waals surface area contributed by atoms with Gasteiger partial charge < -0.3 is 0 Å². The van der Waals surface area contributed by atoms with Crippen molar-refractivity contribution in [1.82, 2.24) is 0 Å². The van der Waals surface area contributed by atoms with E-state index in [-0.39, 0.29) is 5.38 Å². The van der Waals surface area contributed by atoms with Crippen molar-refractivity contribution in [1.29, 1.82) is 0 Å². The van der Waals surface area contributed by atoms with E-state index in [0.717, 1.165) is 12.8 Å². The van der Waals surface area contributed by atoms with E-state index >= 15 is 0 Å². The Morgan fingerprint density at radius 3 is 2.88 bits per heavy atom. The molecule has 0 spiro atoms. The van der Waals surface area contributed by atoms with Gasteiger partial charge in [0.05, 0.1) is 5.38 Å². The maximum absolute atomic E-state index is 6.21. The summed E-state index contributed by atoms with van der Waals surface area (Å²) < 4.78 is 0. The minimum absolute atomic E-state index is 0.229. The second-order valence-corrected chi connectivity index (χ2v) is 5.96. The Kier molecular flexibility index (Phi) is 4.28. The number of allylic oxidation sites excluding steroid dienone is 2. The summed E-state index contributed by atoms with van der Waals surface area (Å²) in [5, 5.41) is 0.229. The summed E-state index contributed by atoms with van der Waals surface area (Å²) in [6.07, 6.45) is 6.91. The van der Waals surface area contributed by atoms with Gasteiger partial charge in [-0.3, -0.25) is 0 Å². The molecule has 92 valence electrons. The third-order valence-corrected chi connectivity index (χ3v) is 3.59. The van der Waals surface area contributed by atoms with Crippen LogP contribution in [0.3, 0.4) is 0 Å². The Morgan fingerprint density at radius 2 is 2.18 bits per heavy atom. The van der Waals surface area contributed by atoms with Crippen LogP contribution in [-0.4, -0.2) is 5.38 Å². The molecule has 0 N–H and O–H groups in total. The van der Waals surface area contributed by atoms with E-state index in [0.29, 0.717) is 5.92 Å². The average molecular weight is 249 g/mol. The van der Waals surface area contributed by atoms with Crippen molar-refractivity contribution < 1.29 is 0 Å². The Labute approximate surface area is 110 Å². The van der Waals surface area contributed by atoms with Gasteiger partial charge in [-0.15, -0.1) is 11.6 Å². The third-order valence-electron chi connectivity index (χ3n) is 3.25. The maximum Gasteiger partial charge on any atom is 0.0522 e. The summed E-state index contributed by atoms with van der Waals surface area (Å²) in [7, 11) is 0. The highest BCUT2D eigenvalue weighted by Gasteiger charge is 2.12. The molecular formula is C16H21Cl. The number of benzene rings is 1. The fraction of sp³-hybridized carbons (Fsp3) is 0.500. The number of halogens is 1. The number of rotatable bonds is 3. The second kappa shape index (κ2) is 5.73. The van der Waals surface area contributed by atoms with Crippen molar-refractivity contribution in [3.8, 4) is 0 Å². The fourth-order valence-corrected chi connectivity index (χ4v) is 2.79. The molecule has 0 amide bonds. The molecule has 1 heteroatoms. The molecule has 2 rings (SSSR count). The van der Waals surface area contributed by atoms with Crippen molar-refractivity contribution in [2.24, 2.45) is 5.92 Å². The lowest BCUT2D eigenvalue weighted by molar-refractivity contribution is 0.647. The maximum atomic E-state index is 6.21. The van der Waals surface area contributed by atoms with Crippen LogP contribution in [0.1, 0.15) is 44.2 Å². The molecule has 1 aliphatic carbocycles. The van der Waals surface area contributed by atoms with Gasteiger partial charge in [0.2, 0.25) is 0 Å². The zero-order chi connectivity index (χ0) is 12.3. The van der Waals surface area contributed by atoms with Crippen LogP contribution in [0.25, 0.3) is 5.57 Å². The first kappa shape index (κ1) is 12.7. The van der Waals surface area contributed by atoms with Crippen LogP contribution in [0.2, 0.25) is 0 Å². The first-order valence-corrected chi connectivity index (χ1v) is 7.03. The molecule has 0 bridgehead atoms. The smallest absolute Gasteiger partial charge is 0.0522 e. The van der Waals surface area contributed by atoms with Crippen LogP contribution in [0.5, 0.6) is 0 Å². The van der Waals surface area contributed by atoms with Crippen LogP contribution in [0.15, 0.2) is 30.3 Å². The van der Waals surface area contributed by atoms with E-state index in [1.165, 1.54) is 29.5 Å². The van der Waals surface area contributed by atoms with Crippen LogP contribution in [-0.2, 0) is 6.42 Å². The Balaban J connectivity index is 2.20. The molecule has 0 radical (unpaired) electrons. The predicted molar refractivity (Wildman–Crippen MR) is 76.5 cm³/mol. The van der Waals surface area contributed by atoms with Gasteiger partial charge >= 0.3 is 0 Å². The quantitative estimate of drug-likeness (QED) is 0.656. The Bertz CT molecular complexity index is 404. The van der Waals surface area contributed by atoms with Crippen LogP contribution >= 0.6 is 11.6 Å². The molecule has 0 heterocycles. The third kappa shape index (κ3) is 3.61. The van der Waals surface area contributed by atoms with E-state index < -0.39 is 0 Å². The lowest BCUT2D eigenvalue weighted by Gasteiger charge is -2.17. The molecule has 0 aromatic heterocycles. The normalized spacial score (nSPS) is 20.5. The van der Waals surface area contributed by atoms with Gasteiger partial charge in [0, 0.05) is 0 Å². The van der Waals surface area contributed by atoms with Crippen molar-refractivity contribution >= 4 is 17.2 Å². The van der Waals surface area contributed by atoms with E-state index in [9.17, 15) is 0 Å². The molecule has 0 saturated heterocycles. The zero-order valence-corrected chi connectivity index (χ0v) is 11.5. The molecule has 17 heavy (non-hydrogen) atoms. The highest BCUT2D eigenvalue weighted by Crippen LogP contribution is 2.29. The van der Waals surface area contributed by atoms with E-state index in [1.807, 2.05) is 0 Å². The molecule has 1 aromatic carbocycles. The monoisotopic (exact) mass is 248 g/mol. The van der Waals surface area contributed by atoms with Crippen LogP contribution < -0.4 is 0 Å². The molecule has 0 aliphatic heterocycles. The second-order valence-electron chi connectivity index (χ2n) is 5.40. The molecule has 1 atom stereocenters. The molecular weight excluding hydrogens is 228 g/mol. The highest BCUT2D eigenvalue weighted by atomic mass is 35.5. The minimum Gasteiger partial charge on any atom is -0.118 e. The van der Waals surface area contributed by atoms with Gasteiger partial charge in [-0.05, 0) is 48.3 Å². The first-order chi connectivity index (χ1) is 8.15. The van der Waals surface area contributed by atoms with Gasteiger partial charge in [-0.1, -0.05) is 44.2 Å². The van der Waals surface area contributed by atoms with Gasteiger partial charge in [-0.25, -0.2) is 0 Å². The largest absolute Gasteiger partial charge is 0.118 e. The summed E-state index contributed by atoms with van der Waals surface area (Å²) >= 11 is 6.21. The SMILES string of the molecule is CC(C)Cc1cccc(C2=CC(Cl)CCC2)c1. The highest BCUT2D eigenvalue weighted by molar-refractivity contribution is 6.22. The summed E-state index contributed by atoms with van der Waals surface area (Å²) in [6.45, 7) is 4.53. The van der Waals surface area contributed by atoms with E-state index in [4.69, 9.17) is 11.6 Å². The number of hydrogen-bond acceptors (Lipinski definition) is 0. The van der Waals surface area contributed by atoms with Crippen molar-refractivity contribution in [3.63, 3.8) is 0 Å². The van der Waals surface area contributed by atoms with Gasteiger partial charge in [-0.2, -0.15) is 0 Å². The summed E-state index contributed by atoms with van der Waals surface area (Å²) in [4.78, 5) is 0. The van der Waals surface area contributed by atoms with Crippen molar-refractivity contribution in [3.05, 3.63) is 41.5 Å². The van der Waals surface area contributed by atoms with Gasteiger partial charge in [0.25, 0.3) is 0 Å². The van der Waals surface area contributed by atoms with Gasteiger partial charge in [0.1, 0.15) is 0 Å². The summed E-state index contributed by atoms with van der Waals surface area (Å²) in [6, 6.07) is 8.95. The lowest BCUT2D eigenvalue weighted by atomic mass is 9.91. The molecule has 0 saturated carbocycles. The van der Waals surface area contributed by atoms with Crippen LogP contribution in [0.4, 0.5) is 0 Å². The Hall–Kier alpha value is -0.750. The van der Waals surface area contributed by atoms with Crippen LogP contribution in [0, 0.1) is 5.92 Å². The number of hydrogen-bond donors (Lipinski definition) is 0. The Morgan fingerprint density at radius 1 is 1.35 bits per heavy atom. The molecule has 1 unspecified atom stereocenters.